The van der Waals surface area contributed by atoms with Gasteiger partial charge in [0.1, 0.15) is 12.2 Å². The van der Waals surface area contributed by atoms with Crippen LogP contribution in [0.4, 0.5) is 5.69 Å². The number of nitrogens with zero attached hydrogens (tertiary/aromatic N) is 4. The maximum atomic E-state index is 13.0. The standard InChI is InChI=1S/C18H26N6O4/c1-9(2)16-21-23(8-12(25)19-11-6-18(3,27)7-11)17(26)15-14(22-28)13(10-4-5-10)20-24(15)16/h9-11,22,27-28H,4-8H2,1-3H3,(H,19,25). The van der Waals surface area contributed by atoms with E-state index in [-0.39, 0.29) is 35.8 Å². The van der Waals surface area contributed by atoms with Crippen LogP contribution >= 0.6 is 0 Å². The highest BCUT2D eigenvalue weighted by molar-refractivity contribution is 5.77. The van der Waals surface area contributed by atoms with Crippen molar-refractivity contribution in [1.82, 2.24) is 24.7 Å². The number of aliphatic hydroxyl groups is 1. The fourth-order valence-electron chi connectivity index (χ4n) is 3.87. The minimum Gasteiger partial charge on any atom is -0.390 e. The molecule has 0 unspecified atom stereocenters. The lowest BCUT2D eigenvalue weighted by Crippen LogP contribution is -2.54. The molecule has 0 radical (unpaired) electrons. The molecule has 28 heavy (non-hydrogen) atoms. The fourth-order valence-corrected chi connectivity index (χ4v) is 3.87. The van der Waals surface area contributed by atoms with Crippen molar-refractivity contribution in [1.29, 1.82) is 0 Å². The smallest absolute Gasteiger partial charge is 0.295 e. The second kappa shape index (κ2) is 6.56. The monoisotopic (exact) mass is 390 g/mol. The summed E-state index contributed by atoms with van der Waals surface area (Å²) in [6.45, 7) is 5.35. The highest BCUT2D eigenvalue weighted by Crippen LogP contribution is 2.43. The van der Waals surface area contributed by atoms with Gasteiger partial charge in [-0.05, 0) is 32.6 Å². The molecule has 0 saturated heterocycles. The molecule has 0 bridgehead atoms. The average Bonchev–Trinajstić information content (AvgIpc) is 3.35. The molecule has 0 aromatic carbocycles. The van der Waals surface area contributed by atoms with Crippen LogP contribution in [0.5, 0.6) is 0 Å². The summed E-state index contributed by atoms with van der Waals surface area (Å²) < 4.78 is 2.60. The molecule has 0 atom stereocenters. The summed E-state index contributed by atoms with van der Waals surface area (Å²) in [4.78, 5) is 25.4. The van der Waals surface area contributed by atoms with Crippen molar-refractivity contribution in [2.24, 2.45) is 0 Å². The van der Waals surface area contributed by atoms with Gasteiger partial charge >= 0.3 is 0 Å². The van der Waals surface area contributed by atoms with Crippen molar-refractivity contribution < 1.29 is 15.1 Å². The number of carbonyl (C=O) groups is 1. The molecular weight excluding hydrogens is 364 g/mol. The van der Waals surface area contributed by atoms with Crippen LogP contribution < -0.4 is 16.4 Å². The molecule has 4 N–H and O–H groups in total. The molecule has 152 valence electrons. The number of hydrogen-bond acceptors (Lipinski definition) is 7. The van der Waals surface area contributed by atoms with E-state index in [0.29, 0.717) is 30.0 Å². The van der Waals surface area contributed by atoms with Gasteiger partial charge in [0.15, 0.2) is 11.3 Å². The topological polar surface area (TPSA) is 134 Å². The third kappa shape index (κ3) is 3.26. The lowest BCUT2D eigenvalue weighted by Gasteiger charge is -2.41. The Labute approximate surface area is 161 Å². The number of nitrogens with one attached hydrogen (secondary N) is 2. The minimum absolute atomic E-state index is 0.0439. The maximum absolute atomic E-state index is 13.0. The molecule has 10 nitrogen and oxygen atoms in total. The Balaban J connectivity index is 1.69. The van der Waals surface area contributed by atoms with Gasteiger partial charge in [-0.3, -0.25) is 20.3 Å². The van der Waals surface area contributed by atoms with Crippen LogP contribution in [0.25, 0.3) is 5.52 Å². The van der Waals surface area contributed by atoms with E-state index >= 15 is 0 Å². The third-order valence-electron chi connectivity index (χ3n) is 5.41. The van der Waals surface area contributed by atoms with E-state index in [1.54, 1.807) is 6.92 Å². The first-order valence-electron chi connectivity index (χ1n) is 9.65. The van der Waals surface area contributed by atoms with Crippen LogP contribution in [0.3, 0.4) is 0 Å². The van der Waals surface area contributed by atoms with Gasteiger partial charge in [-0.25, -0.2) is 9.20 Å². The van der Waals surface area contributed by atoms with Gasteiger partial charge in [0.25, 0.3) is 5.56 Å². The normalized spacial score (nSPS) is 24.4. The van der Waals surface area contributed by atoms with Crippen molar-refractivity contribution in [3.8, 4) is 0 Å². The van der Waals surface area contributed by atoms with Gasteiger partial charge in [-0.2, -0.15) is 10.2 Å². The number of aromatic nitrogens is 4. The number of fused-ring (bicyclic) bond motifs is 1. The Morgan fingerprint density at radius 1 is 1.32 bits per heavy atom. The summed E-state index contributed by atoms with van der Waals surface area (Å²) in [6, 6.07) is -0.0994. The quantitative estimate of drug-likeness (QED) is 0.534. The molecular formula is C18H26N6O4. The second-order valence-corrected chi connectivity index (χ2v) is 8.55. The number of rotatable bonds is 6. The maximum Gasteiger partial charge on any atom is 0.295 e. The zero-order valence-corrected chi connectivity index (χ0v) is 16.3. The Morgan fingerprint density at radius 2 is 2.00 bits per heavy atom. The van der Waals surface area contributed by atoms with Gasteiger partial charge < -0.3 is 10.4 Å². The summed E-state index contributed by atoms with van der Waals surface area (Å²) in [5, 5.41) is 31.2. The van der Waals surface area contributed by atoms with E-state index in [9.17, 15) is 19.9 Å². The molecule has 4 rings (SSSR count). The molecule has 2 aromatic heterocycles. The number of amides is 1. The molecule has 2 fully saturated rings. The largest absolute Gasteiger partial charge is 0.390 e. The average molecular weight is 390 g/mol. The van der Waals surface area contributed by atoms with Crippen molar-refractivity contribution >= 4 is 17.1 Å². The lowest BCUT2D eigenvalue weighted by atomic mass is 9.77. The summed E-state index contributed by atoms with van der Waals surface area (Å²) in [7, 11) is 0. The van der Waals surface area contributed by atoms with Crippen LogP contribution in [0.2, 0.25) is 0 Å². The van der Waals surface area contributed by atoms with Crippen molar-refractivity contribution in [3.63, 3.8) is 0 Å². The highest BCUT2D eigenvalue weighted by Gasteiger charge is 2.39. The minimum atomic E-state index is -0.741. The van der Waals surface area contributed by atoms with Crippen LogP contribution in [0.15, 0.2) is 4.79 Å². The summed E-state index contributed by atoms with van der Waals surface area (Å²) in [6.07, 6.45) is 2.90. The zero-order valence-electron chi connectivity index (χ0n) is 16.3. The van der Waals surface area contributed by atoms with Gasteiger partial charge in [0.05, 0.1) is 11.3 Å². The lowest BCUT2D eigenvalue weighted by molar-refractivity contribution is -0.125. The van der Waals surface area contributed by atoms with E-state index < -0.39 is 11.2 Å². The van der Waals surface area contributed by atoms with Crippen LogP contribution in [0.1, 0.15) is 69.8 Å². The number of anilines is 1. The molecule has 1 amide bonds. The van der Waals surface area contributed by atoms with Gasteiger partial charge in [0.2, 0.25) is 5.91 Å². The predicted molar refractivity (Wildman–Crippen MR) is 101 cm³/mol. The molecule has 2 heterocycles. The van der Waals surface area contributed by atoms with Crippen LogP contribution in [0, 0.1) is 0 Å². The molecule has 10 heteroatoms. The van der Waals surface area contributed by atoms with E-state index in [1.807, 2.05) is 13.8 Å². The molecule has 2 saturated carbocycles. The Bertz CT molecular complexity index is 980. The Kier molecular flexibility index (Phi) is 4.42. The second-order valence-electron chi connectivity index (χ2n) is 8.55. The van der Waals surface area contributed by atoms with E-state index in [2.05, 4.69) is 21.0 Å². The fraction of sp³-hybridized carbons (Fsp3) is 0.667. The molecule has 2 aromatic rings. The van der Waals surface area contributed by atoms with E-state index in [4.69, 9.17) is 0 Å². The van der Waals surface area contributed by atoms with Crippen LogP contribution in [-0.4, -0.2) is 47.3 Å². The van der Waals surface area contributed by atoms with Crippen molar-refractivity contribution in [3.05, 3.63) is 21.9 Å². The van der Waals surface area contributed by atoms with Crippen molar-refractivity contribution in [2.75, 3.05) is 5.48 Å². The summed E-state index contributed by atoms with van der Waals surface area (Å²) >= 11 is 0. The first-order chi connectivity index (χ1) is 13.2. The zero-order chi connectivity index (χ0) is 20.2. The van der Waals surface area contributed by atoms with Crippen LogP contribution in [-0.2, 0) is 11.3 Å². The van der Waals surface area contributed by atoms with Crippen molar-refractivity contribution in [2.45, 2.75) is 76.5 Å². The Morgan fingerprint density at radius 3 is 2.54 bits per heavy atom. The molecule has 2 aliphatic rings. The first kappa shape index (κ1) is 18.9. The van der Waals surface area contributed by atoms with E-state index in [0.717, 1.165) is 17.5 Å². The third-order valence-corrected chi connectivity index (χ3v) is 5.41. The van der Waals surface area contributed by atoms with Gasteiger partial charge in [-0.15, -0.1) is 0 Å². The molecule has 0 aliphatic heterocycles. The first-order valence-corrected chi connectivity index (χ1v) is 9.65. The highest BCUT2D eigenvalue weighted by atomic mass is 16.5. The summed E-state index contributed by atoms with van der Waals surface area (Å²) in [5.41, 5.74) is 2.05. The predicted octanol–water partition coefficient (Wildman–Crippen LogP) is 0.722. The number of carbonyl (C=O) groups excluding carboxylic acids is 1. The number of hydrogen-bond donors (Lipinski definition) is 4. The molecule has 0 spiro atoms. The SMILES string of the molecule is CC(C)c1nn(CC(=O)NC2CC(C)(O)C2)c(=O)c2c(NO)c(C3CC3)nn12. The van der Waals surface area contributed by atoms with E-state index in [1.165, 1.54) is 4.52 Å². The molecule has 2 aliphatic carbocycles. The Hall–Kier alpha value is -2.46. The van der Waals surface area contributed by atoms with Gasteiger partial charge in [0, 0.05) is 17.9 Å². The summed E-state index contributed by atoms with van der Waals surface area (Å²) in [5.74, 6) is 0.377. The van der Waals surface area contributed by atoms with Gasteiger partial charge in [-0.1, -0.05) is 13.8 Å².